The largest absolute Gasteiger partial charge is 0.326 e. The minimum Gasteiger partial charge on any atom is -0.326 e. The molecule has 5 heteroatoms. The molecule has 0 spiro atoms. The van der Waals surface area contributed by atoms with Gasteiger partial charge in [-0.3, -0.25) is 9.59 Å². The molecule has 0 unspecified atom stereocenters. The summed E-state index contributed by atoms with van der Waals surface area (Å²) in [5.74, 6) is -0.482. The first-order valence-electron chi connectivity index (χ1n) is 8.20. The van der Waals surface area contributed by atoms with E-state index in [1.54, 1.807) is 6.21 Å². The van der Waals surface area contributed by atoms with E-state index in [1.165, 1.54) is 0 Å². The van der Waals surface area contributed by atoms with Crippen LogP contribution in [0.3, 0.4) is 0 Å². The van der Waals surface area contributed by atoms with Crippen LogP contribution in [0.1, 0.15) is 35.1 Å². The van der Waals surface area contributed by atoms with Crippen molar-refractivity contribution < 1.29 is 9.59 Å². The number of hydrogen-bond acceptors (Lipinski definition) is 3. The summed E-state index contributed by atoms with van der Waals surface area (Å²) in [6.07, 6.45) is 1.78. The van der Waals surface area contributed by atoms with Gasteiger partial charge in [-0.2, -0.15) is 5.10 Å². The Balaban J connectivity index is 1.76. The summed E-state index contributed by atoms with van der Waals surface area (Å²) in [7, 11) is 0. The smallest absolute Gasteiger partial charge is 0.240 e. The summed E-state index contributed by atoms with van der Waals surface area (Å²) in [5.41, 5.74) is 7.39. The van der Waals surface area contributed by atoms with Crippen molar-refractivity contribution in [1.82, 2.24) is 5.43 Å². The summed E-state index contributed by atoms with van der Waals surface area (Å²) in [6.45, 7) is 5.93. The highest BCUT2D eigenvalue weighted by atomic mass is 16.2. The highest BCUT2D eigenvalue weighted by Crippen LogP contribution is 2.16. The first kappa shape index (κ1) is 18.4. The van der Waals surface area contributed by atoms with Gasteiger partial charge < -0.3 is 5.32 Å². The van der Waals surface area contributed by atoms with Crippen molar-refractivity contribution in [2.45, 2.75) is 33.6 Å². The molecular weight excluding hydrogens is 314 g/mol. The molecule has 0 radical (unpaired) electrons. The summed E-state index contributed by atoms with van der Waals surface area (Å²) in [5, 5.41) is 6.74. The monoisotopic (exact) mass is 337 g/mol. The Labute approximate surface area is 148 Å². The second-order valence-corrected chi connectivity index (χ2v) is 6.07. The van der Waals surface area contributed by atoms with Gasteiger partial charge in [0, 0.05) is 18.5 Å². The maximum atomic E-state index is 12.0. The Morgan fingerprint density at radius 1 is 0.960 bits per heavy atom. The van der Waals surface area contributed by atoms with Crippen LogP contribution >= 0.6 is 0 Å². The normalized spacial score (nSPS) is 10.7. The zero-order valence-electron chi connectivity index (χ0n) is 14.8. The predicted octanol–water partition coefficient (Wildman–Crippen LogP) is 3.48. The maximum Gasteiger partial charge on any atom is 0.240 e. The van der Waals surface area contributed by atoms with Crippen molar-refractivity contribution >= 4 is 23.7 Å². The summed E-state index contributed by atoms with van der Waals surface area (Å²) >= 11 is 0. The van der Waals surface area contributed by atoms with Gasteiger partial charge in [0.05, 0.1) is 6.21 Å². The Kier molecular flexibility index (Phi) is 6.46. The van der Waals surface area contributed by atoms with Gasteiger partial charge in [0.15, 0.2) is 0 Å². The number of rotatable bonds is 6. The Bertz CT molecular complexity index is 797. The van der Waals surface area contributed by atoms with Crippen LogP contribution in [0.5, 0.6) is 0 Å². The minimum atomic E-state index is -0.292. The average Bonchev–Trinajstić information content (AvgIpc) is 2.56. The third kappa shape index (κ3) is 6.22. The van der Waals surface area contributed by atoms with Crippen molar-refractivity contribution in [3.8, 4) is 0 Å². The topological polar surface area (TPSA) is 70.6 Å². The van der Waals surface area contributed by atoms with Crippen LogP contribution in [0.15, 0.2) is 47.6 Å². The Morgan fingerprint density at radius 3 is 2.40 bits per heavy atom. The molecule has 2 N–H and O–H groups in total. The molecule has 2 amide bonds. The number of amides is 2. The van der Waals surface area contributed by atoms with E-state index in [1.807, 2.05) is 63.2 Å². The quantitative estimate of drug-likeness (QED) is 0.626. The molecule has 2 aromatic rings. The van der Waals surface area contributed by atoms with Gasteiger partial charge in [-0.15, -0.1) is 0 Å². The van der Waals surface area contributed by atoms with E-state index in [0.717, 1.165) is 27.9 Å². The fourth-order valence-corrected chi connectivity index (χ4v) is 2.38. The molecule has 2 aromatic carbocycles. The van der Waals surface area contributed by atoms with E-state index in [0.29, 0.717) is 0 Å². The molecule has 2 rings (SSSR count). The molecule has 0 saturated carbocycles. The van der Waals surface area contributed by atoms with Gasteiger partial charge in [0.1, 0.15) is 0 Å². The number of hydrogen-bond donors (Lipinski definition) is 2. The van der Waals surface area contributed by atoms with Crippen molar-refractivity contribution in [2.24, 2.45) is 5.10 Å². The summed E-state index contributed by atoms with van der Waals surface area (Å²) in [6, 6.07) is 13.6. The second kappa shape index (κ2) is 8.78. The number of benzene rings is 2. The maximum absolute atomic E-state index is 12.0. The molecule has 5 nitrogen and oxygen atoms in total. The molecule has 0 atom stereocenters. The van der Waals surface area contributed by atoms with Gasteiger partial charge in [-0.1, -0.05) is 47.5 Å². The number of nitrogens with zero attached hydrogens (tertiary/aromatic N) is 1. The third-order valence-corrected chi connectivity index (χ3v) is 3.68. The lowest BCUT2D eigenvalue weighted by atomic mass is 10.1. The van der Waals surface area contributed by atoms with Crippen LogP contribution in [-0.2, 0) is 9.59 Å². The lowest BCUT2D eigenvalue weighted by molar-refractivity contribution is -0.124. The molecule has 0 aliphatic heterocycles. The highest BCUT2D eigenvalue weighted by molar-refractivity contribution is 5.94. The second-order valence-electron chi connectivity index (χ2n) is 6.07. The fraction of sp³-hybridized carbons (Fsp3) is 0.250. The van der Waals surface area contributed by atoms with E-state index in [-0.39, 0.29) is 24.7 Å². The molecule has 130 valence electrons. The van der Waals surface area contributed by atoms with E-state index in [2.05, 4.69) is 15.8 Å². The van der Waals surface area contributed by atoms with Crippen LogP contribution in [-0.4, -0.2) is 18.0 Å². The Morgan fingerprint density at radius 2 is 1.68 bits per heavy atom. The molecule has 0 fully saturated rings. The fourth-order valence-electron chi connectivity index (χ4n) is 2.38. The van der Waals surface area contributed by atoms with Gasteiger partial charge in [0.25, 0.3) is 0 Å². The molecule has 0 aromatic heterocycles. The first-order chi connectivity index (χ1) is 11.9. The third-order valence-electron chi connectivity index (χ3n) is 3.68. The van der Waals surface area contributed by atoms with Crippen LogP contribution in [0.25, 0.3) is 0 Å². The van der Waals surface area contributed by atoms with Crippen molar-refractivity contribution in [3.05, 3.63) is 64.7 Å². The zero-order valence-corrected chi connectivity index (χ0v) is 14.8. The van der Waals surface area contributed by atoms with E-state index < -0.39 is 0 Å². The standard InChI is InChI=1S/C20H23N3O2/c1-14-5-4-6-17(12-14)13-21-23-20(25)10-9-19(24)22-18-8-7-15(2)11-16(18)3/h4-8,11-13H,9-10H2,1-3H3,(H,22,24)(H,23,25)/b21-13+. The minimum absolute atomic E-state index is 0.0852. The Hall–Kier alpha value is -2.95. The number of anilines is 1. The summed E-state index contributed by atoms with van der Waals surface area (Å²) < 4.78 is 0. The number of aryl methyl sites for hydroxylation is 3. The van der Waals surface area contributed by atoms with Crippen LogP contribution in [0.2, 0.25) is 0 Å². The molecule has 0 aliphatic carbocycles. The first-order valence-corrected chi connectivity index (χ1v) is 8.20. The van der Waals surface area contributed by atoms with Crippen molar-refractivity contribution in [1.29, 1.82) is 0 Å². The van der Waals surface area contributed by atoms with Crippen LogP contribution < -0.4 is 10.7 Å². The number of hydrazone groups is 1. The zero-order chi connectivity index (χ0) is 18.2. The number of nitrogens with one attached hydrogen (secondary N) is 2. The number of carbonyl (C=O) groups excluding carboxylic acids is 2. The molecule has 0 bridgehead atoms. The molecule has 0 aliphatic rings. The lowest BCUT2D eigenvalue weighted by Crippen LogP contribution is -2.20. The van der Waals surface area contributed by atoms with E-state index in [4.69, 9.17) is 0 Å². The van der Waals surface area contributed by atoms with Crippen LogP contribution in [0.4, 0.5) is 5.69 Å². The van der Waals surface area contributed by atoms with E-state index >= 15 is 0 Å². The van der Waals surface area contributed by atoms with Crippen molar-refractivity contribution in [3.63, 3.8) is 0 Å². The molecule has 0 heterocycles. The van der Waals surface area contributed by atoms with E-state index in [9.17, 15) is 9.59 Å². The van der Waals surface area contributed by atoms with Crippen molar-refractivity contribution in [2.75, 3.05) is 5.32 Å². The molecule has 0 saturated heterocycles. The highest BCUT2D eigenvalue weighted by Gasteiger charge is 2.08. The predicted molar refractivity (Wildman–Crippen MR) is 101 cm³/mol. The SMILES string of the molecule is Cc1cccc(/C=N/NC(=O)CCC(=O)Nc2ccc(C)cc2C)c1. The van der Waals surface area contributed by atoms with Gasteiger partial charge >= 0.3 is 0 Å². The molecular formula is C20H23N3O2. The lowest BCUT2D eigenvalue weighted by Gasteiger charge is -2.08. The van der Waals surface area contributed by atoms with Gasteiger partial charge in [0.2, 0.25) is 11.8 Å². The summed E-state index contributed by atoms with van der Waals surface area (Å²) in [4.78, 5) is 23.7. The average molecular weight is 337 g/mol. The van der Waals surface area contributed by atoms with Crippen LogP contribution in [0, 0.1) is 20.8 Å². The number of carbonyl (C=O) groups is 2. The van der Waals surface area contributed by atoms with Gasteiger partial charge in [-0.05, 0) is 38.0 Å². The molecule has 25 heavy (non-hydrogen) atoms. The van der Waals surface area contributed by atoms with Gasteiger partial charge in [-0.25, -0.2) is 5.43 Å².